The second-order valence-electron chi connectivity index (χ2n) is 4.78. The Morgan fingerprint density at radius 1 is 1.56 bits per heavy atom. The molecule has 1 atom stereocenters. The van der Waals surface area contributed by atoms with Gasteiger partial charge in [-0.1, -0.05) is 0 Å². The van der Waals surface area contributed by atoms with Gasteiger partial charge in [-0.05, 0) is 30.7 Å². The highest BCUT2D eigenvalue weighted by Crippen LogP contribution is 2.22. The molecule has 2 aromatic rings. The Morgan fingerprint density at radius 2 is 2.44 bits per heavy atom. The first kappa shape index (κ1) is 11.3. The second-order valence-corrected chi connectivity index (χ2v) is 4.78. The highest BCUT2D eigenvalue weighted by Gasteiger charge is 2.17. The third kappa shape index (κ3) is 1.99. The van der Waals surface area contributed by atoms with E-state index in [0.717, 1.165) is 38.0 Å². The predicted molar refractivity (Wildman–Crippen MR) is 68.4 cm³/mol. The minimum absolute atomic E-state index is 0.160. The van der Waals surface area contributed by atoms with Crippen molar-refractivity contribution in [2.75, 3.05) is 18.9 Å². The molecule has 4 N–H and O–H groups in total. The lowest BCUT2D eigenvalue weighted by molar-refractivity contribution is 0.0551. The van der Waals surface area contributed by atoms with Crippen LogP contribution in [-0.4, -0.2) is 28.2 Å². The first-order valence-corrected chi connectivity index (χ1v) is 6.17. The molecule has 1 unspecified atom stereocenters. The highest BCUT2D eigenvalue weighted by molar-refractivity contribution is 5.78. The molecule has 96 valence electrons. The van der Waals surface area contributed by atoms with Crippen molar-refractivity contribution in [3.05, 3.63) is 22.1 Å². The molecule has 1 fully saturated rings. The molecule has 18 heavy (non-hydrogen) atoms. The van der Waals surface area contributed by atoms with Gasteiger partial charge in [0.25, 0.3) is 5.56 Å². The Labute approximate surface area is 104 Å². The maximum Gasteiger partial charge on any atom is 0.276 e. The minimum atomic E-state index is -0.219. The van der Waals surface area contributed by atoms with Crippen LogP contribution in [0.2, 0.25) is 0 Å². The number of nitrogen functional groups attached to an aromatic ring is 1. The summed E-state index contributed by atoms with van der Waals surface area (Å²) in [7, 11) is 0. The van der Waals surface area contributed by atoms with Crippen LogP contribution in [0.3, 0.4) is 0 Å². The fourth-order valence-corrected chi connectivity index (χ4v) is 2.52. The molecule has 0 saturated carbocycles. The van der Waals surface area contributed by atoms with Gasteiger partial charge in [-0.3, -0.25) is 9.78 Å². The average Bonchev–Trinajstić information content (AvgIpc) is 2.74. The highest BCUT2D eigenvalue weighted by atomic mass is 16.5. The van der Waals surface area contributed by atoms with E-state index in [1.54, 1.807) is 0 Å². The molecule has 0 aliphatic carbocycles. The van der Waals surface area contributed by atoms with E-state index in [1.165, 1.54) is 0 Å². The quantitative estimate of drug-likeness (QED) is 0.732. The average molecular weight is 248 g/mol. The summed E-state index contributed by atoms with van der Waals surface area (Å²) in [5.74, 6) is 0.660. The Hall–Kier alpha value is -1.82. The van der Waals surface area contributed by atoms with Gasteiger partial charge in [-0.25, -0.2) is 4.98 Å². The van der Waals surface area contributed by atoms with Gasteiger partial charge >= 0.3 is 0 Å². The molecule has 0 spiro atoms. The lowest BCUT2D eigenvalue weighted by Crippen LogP contribution is -2.19. The van der Waals surface area contributed by atoms with Gasteiger partial charge in [-0.2, -0.15) is 0 Å². The molecule has 6 nitrogen and oxygen atoms in total. The van der Waals surface area contributed by atoms with E-state index in [4.69, 9.17) is 10.5 Å². The number of aromatic amines is 2. The molecule has 3 heterocycles. The van der Waals surface area contributed by atoms with Crippen LogP contribution < -0.4 is 11.3 Å². The van der Waals surface area contributed by atoms with E-state index in [2.05, 4.69) is 15.0 Å². The summed E-state index contributed by atoms with van der Waals surface area (Å²) in [5.41, 5.74) is 7.58. The summed E-state index contributed by atoms with van der Waals surface area (Å²) in [6, 6.07) is 0. The van der Waals surface area contributed by atoms with Crippen LogP contribution in [0.5, 0.6) is 0 Å². The van der Waals surface area contributed by atoms with Gasteiger partial charge in [0, 0.05) is 19.4 Å². The maximum atomic E-state index is 11.7. The van der Waals surface area contributed by atoms with E-state index in [9.17, 15) is 4.79 Å². The molecule has 2 aromatic heterocycles. The van der Waals surface area contributed by atoms with E-state index in [-0.39, 0.29) is 11.5 Å². The van der Waals surface area contributed by atoms with Crippen LogP contribution in [0.25, 0.3) is 11.0 Å². The van der Waals surface area contributed by atoms with Crippen molar-refractivity contribution >= 4 is 17.0 Å². The van der Waals surface area contributed by atoms with Gasteiger partial charge in [0.2, 0.25) is 5.95 Å². The lowest BCUT2D eigenvalue weighted by atomic mass is 9.95. The molecular formula is C12H16N4O2. The van der Waals surface area contributed by atoms with Gasteiger partial charge in [0.05, 0.1) is 0 Å². The van der Waals surface area contributed by atoms with Gasteiger partial charge in [0.15, 0.2) is 0 Å². The van der Waals surface area contributed by atoms with Gasteiger partial charge in [0.1, 0.15) is 11.0 Å². The van der Waals surface area contributed by atoms with Crippen molar-refractivity contribution in [1.29, 1.82) is 0 Å². The normalized spacial score (nSPS) is 20.3. The molecule has 1 aliphatic rings. The van der Waals surface area contributed by atoms with Crippen molar-refractivity contribution in [1.82, 2.24) is 15.0 Å². The molecule has 0 amide bonds. The Bertz CT molecular complexity index is 610. The summed E-state index contributed by atoms with van der Waals surface area (Å²) in [5, 5.41) is 0. The number of aromatic nitrogens is 3. The van der Waals surface area contributed by atoms with Crippen LogP contribution in [0, 0.1) is 5.92 Å². The summed E-state index contributed by atoms with van der Waals surface area (Å²) < 4.78 is 5.47. The van der Waals surface area contributed by atoms with Crippen LogP contribution in [-0.2, 0) is 11.2 Å². The van der Waals surface area contributed by atoms with Crippen molar-refractivity contribution < 1.29 is 4.74 Å². The first-order valence-electron chi connectivity index (χ1n) is 6.17. The fraction of sp³-hybridized carbons (Fsp3) is 0.500. The molecular weight excluding hydrogens is 232 g/mol. The fourth-order valence-electron chi connectivity index (χ4n) is 2.52. The molecule has 1 aliphatic heterocycles. The predicted octanol–water partition coefficient (Wildman–Crippen LogP) is 0.802. The monoisotopic (exact) mass is 248 g/mol. The molecule has 1 saturated heterocycles. The third-order valence-corrected chi connectivity index (χ3v) is 3.40. The number of anilines is 1. The largest absolute Gasteiger partial charge is 0.381 e. The Balaban J connectivity index is 1.94. The minimum Gasteiger partial charge on any atom is -0.381 e. The summed E-state index contributed by atoms with van der Waals surface area (Å²) in [6.45, 7) is 1.64. The lowest BCUT2D eigenvalue weighted by Gasteiger charge is -2.21. The molecule has 0 radical (unpaired) electrons. The number of hydrogen-bond acceptors (Lipinski definition) is 4. The number of nitrogens with two attached hydrogens (primary N) is 1. The second kappa shape index (κ2) is 4.45. The van der Waals surface area contributed by atoms with Crippen molar-refractivity contribution in [2.24, 2.45) is 5.92 Å². The first-order chi connectivity index (χ1) is 8.74. The smallest absolute Gasteiger partial charge is 0.276 e. The molecule has 3 rings (SSSR count). The number of nitrogens with zero attached hydrogens (tertiary/aromatic N) is 1. The Kier molecular flexibility index (Phi) is 2.79. The summed E-state index contributed by atoms with van der Waals surface area (Å²) in [6.07, 6.45) is 4.98. The van der Waals surface area contributed by atoms with E-state index >= 15 is 0 Å². The van der Waals surface area contributed by atoms with Gasteiger partial charge in [-0.15, -0.1) is 0 Å². The molecule has 0 aromatic carbocycles. The van der Waals surface area contributed by atoms with Crippen LogP contribution in [0.15, 0.2) is 11.0 Å². The summed E-state index contributed by atoms with van der Waals surface area (Å²) >= 11 is 0. The zero-order valence-electron chi connectivity index (χ0n) is 10.0. The number of nitrogens with one attached hydrogen (secondary N) is 2. The van der Waals surface area contributed by atoms with Crippen LogP contribution in [0.1, 0.15) is 18.4 Å². The van der Waals surface area contributed by atoms with Crippen LogP contribution in [0.4, 0.5) is 5.95 Å². The number of fused-ring (bicyclic) bond motifs is 1. The van der Waals surface area contributed by atoms with Crippen LogP contribution >= 0.6 is 0 Å². The number of rotatable bonds is 2. The van der Waals surface area contributed by atoms with Crippen molar-refractivity contribution in [2.45, 2.75) is 19.3 Å². The van der Waals surface area contributed by atoms with Gasteiger partial charge < -0.3 is 15.5 Å². The SMILES string of the molecule is Nc1nc2c(CC3CCCOC3)c[nH]c2c(=O)[nH]1. The zero-order chi connectivity index (χ0) is 12.5. The molecule has 6 heteroatoms. The molecule has 0 bridgehead atoms. The summed E-state index contributed by atoms with van der Waals surface area (Å²) in [4.78, 5) is 21.3. The topological polar surface area (TPSA) is 96.8 Å². The van der Waals surface area contributed by atoms with E-state index in [1.807, 2.05) is 6.20 Å². The van der Waals surface area contributed by atoms with Crippen molar-refractivity contribution in [3.63, 3.8) is 0 Å². The van der Waals surface area contributed by atoms with E-state index in [0.29, 0.717) is 17.0 Å². The Morgan fingerprint density at radius 3 is 3.22 bits per heavy atom. The maximum absolute atomic E-state index is 11.7. The third-order valence-electron chi connectivity index (χ3n) is 3.40. The zero-order valence-corrected chi connectivity index (χ0v) is 10.0. The van der Waals surface area contributed by atoms with Crippen molar-refractivity contribution in [3.8, 4) is 0 Å². The van der Waals surface area contributed by atoms with E-state index < -0.39 is 0 Å². The number of ether oxygens (including phenoxy) is 1. The number of H-pyrrole nitrogens is 2. The standard InChI is InChI=1S/C12H16N4O2/c13-12-15-9-8(4-7-2-1-3-18-6-7)5-14-10(9)11(17)16-12/h5,7,14H,1-4,6H2,(H3,13,15,16,17). The number of hydrogen-bond donors (Lipinski definition) is 3.